The summed E-state index contributed by atoms with van der Waals surface area (Å²) in [4.78, 5) is 11.8. The minimum atomic E-state index is 0.0271. The molecule has 2 aliphatic carbocycles. The van der Waals surface area contributed by atoms with Gasteiger partial charge < -0.3 is 0 Å². The first-order valence-corrected chi connectivity index (χ1v) is 7.22. The second kappa shape index (κ2) is 4.19. The van der Waals surface area contributed by atoms with Crippen molar-refractivity contribution in [2.24, 2.45) is 22.7 Å². The number of ketones is 1. The maximum atomic E-state index is 11.8. The fraction of sp³-hybridized carbons (Fsp3) is 0.611. The number of carbonyl (C=O) groups is 1. The quantitative estimate of drug-likeness (QED) is 0.623. The smallest absolute Gasteiger partial charge is 0.137 e. The lowest BCUT2D eigenvalue weighted by Crippen LogP contribution is -2.35. The SMILES string of the molecule is CC(=O)C1C=C2C(=CC1C)C(C)(C)C(C)=CC2(C)C. The zero-order valence-electron chi connectivity index (χ0n) is 13.3. The zero-order valence-corrected chi connectivity index (χ0v) is 13.3. The van der Waals surface area contributed by atoms with Gasteiger partial charge in [-0.25, -0.2) is 0 Å². The maximum absolute atomic E-state index is 11.8. The van der Waals surface area contributed by atoms with Crippen LogP contribution in [-0.2, 0) is 4.79 Å². The Hall–Kier alpha value is -1.11. The third kappa shape index (κ3) is 2.13. The molecule has 0 aromatic heterocycles. The molecule has 0 aromatic rings. The fourth-order valence-electron chi connectivity index (χ4n) is 3.48. The normalized spacial score (nSPS) is 31.8. The first-order valence-electron chi connectivity index (χ1n) is 7.22. The molecule has 2 unspecified atom stereocenters. The van der Waals surface area contributed by atoms with Crippen LogP contribution in [0.5, 0.6) is 0 Å². The van der Waals surface area contributed by atoms with Gasteiger partial charge in [-0.2, -0.15) is 0 Å². The number of rotatable bonds is 1. The molecule has 104 valence electrons. The van der Waals surface area contributed by atoms with Gasteiger partial charge >= 0.3 is 0 Å². The molecule has 2 aliphatic rings. The predicted molar refractivity (Wildman–Crippen MR) is 80.8 cm³/mol. The predicted octanol–water partition coefficient (Wildman–Crippen LogP) is 4.71. The van der Waals surface area contributed by atoms with Crippen molar-refractivity contribution in [2.45, 2.75) is 48.5 Å². The van der Waals surface area contributed by atoms with Gasteiger partial charge in [0.1, 0.15) is 5.78 Å². The van der Waals surface area contributed by atoms with Crippen molar-refractivity contribution >= 4 is 5.78 Å². The Labute approximate surface area is 117 Å². The van der Waals surface area contributed by atoms with E-state index in [9.17, 15) is 4.79 Å². The van der Waals surface area contributed by atoms with E-state index in [1.807, 2.05) is 0 Å². The summed E-state index contributed by atoms with van der Waals surface area (Å²) >= 11 is 0. The van der Waals surface area contributed by atoms with Crippen LogP contribution in [0.3, 0.4) is 0 Å². The molecule has 0 fully saturated rings. The highest BCUT2D eigenvalue weighted by atomic mass is 16.1. The molecule has 0 radical (unpaired) electrons. The van der Waals surface area contributed by atoms with Crippen molar-refractivity contribution in [2.75, 3.05) is 0 Å². The van der Waals surface area contributed by atoms with Crippen LogP contribution in [-0.4, -0.2) is 5.78 Å². The second-order valence-electron chi connectivity index (χ2n) is 7.33. The highest BCUT2D eigenvalue weighted by molar-refractivity contribution is 5.82. The van der Waals surface area contributed by atoms with Crippen LogP contribution in [0.2, 0.25) is 0 Å². The molecule has 0 spiro atoms. The van der Waals surface area contributed by atoms with E-state index in [4.69, 9.17) is 0 Å². The highest BCUT2D eigenvalue weighted by Crippen LogP contribution is 2.53. The summed E-state index contributed by atoms with van der Waals surface area (Å²) in [7, 11) is 0. The van der Waals surface area contributed by atoms with Crippen LogP contribution in [0.4, 0.5) is 0 Å². The van der Waals surface area contributed by atoms with E-state index in [-0.39, 0.29) is 22.5 Å². The Kier molecular flexibility index (Phi) is 3.16. The molecule has 2 rings (SSSR count). The summed E-state index contributed by atoms with van der Waals surface area (Å²) in [6.45, 7) is 15.2. The van der Waals surface area contributed by atoms with Crippen molar-refractivity contribution in [3.05, 3.63) is 34.9 Å². The van der Waals surface area contributed by atoms with Crippen LogP contribution < -0.4 is 0 Å². The first-order chi connectivity index (χ1) is 8.57. The molecule has 2 atom stereocenters. The number of fused-ring (bicyclic) bond motifs is 1. The van der Waals surface area contributed by atoms with Gasteiger partial charge in [0.25, 0.3) is 0 Å². The molecule has 19 heavy (non-hydrogen) atoms. The van der Waals surface area contributed by atoms with Crippen molar-refractivity contribution < 1.29 is 4.79 Å². The van der Waals surface area contributed by atoms with E-state index in [1.54, 1.807) is 6.92 Å². The number of allylic oxidation sites excluding steroid dienone is 6. The van der Waals surface area contributed by atoms with Crippen LogP contribution in [0.15, 0.2) is 34.9 Å². The monoisotopic (exact) mass is 258 g/mol. The van der Waals surface area contributed by atoms with Gasteiger partial charge in [0, 0.05) is 16.7 Å². The van der Waals surface area contributed by atoms with Crippen molar-refractivity contribution in [1.82, 2.24) is 0 Å². The Morgan fingerprint density at radius 2 is 1.68 bits per heavy atom. The Bertz CT molecular complexity index is 512. The van der Waals surface area contributed by atoms with E-state index in [0.717, 1.165) is 0 Å². The molecule has 0 saturated carbocycles. The summed E-state index contributed by atoms with van der Waals surface area (Å²) < 4.78 is 0. The molecule has 1 heteroatoms. The largest absolute Gasteiger partial charge is 0.299 e. The first kappa shape index (κ1) is 14.3. The topological polar surface area (TPSA) is 17.1 Å². The summed E-state index contributed by atoms with van der Waals surface area (Å²) in [6, 6.07) is 0. The summed E-state index contributed by atoms with van der Waals surface area (Å²) in [5.74, 6) is 0.619. The standard InChI is InChI=1S/C18H26O/c1-11-8-16-15(9-14(11)13(3)19)17(4,5)10-12(2)18(16,6)7/h8-11,14H,1-7H3. The van der Waals surface area contributed by atoms with Gasteiger partial charge in [-0.1, -0.05) is 58.4 Å². The van der Waals surface area contributed by atoms with Crippen molar-refractivity contribution in [1.29, 1.82) is 0 Å². The average Bonchev–Trinajstić information content (AvgIpc) is 2.25. The molecule has 0 N–H and O–H groups in total. The van der Waals surface area contributed by atoms with Gasteiger partial charge in [0.05, 0.1) is 0 Å². The average molecular weight is 258 g/mol. The second-order valence-corrected chi connectivity index (χ2v) is 7.33. The molecule has 0 aromatic carbocycles. The van der Waals surface area contributed by atoms with E-state index in [2.05, 4.69) is 59.8 Å². The van der Waals surface area contributed by atoms with Crippen LogP contribution in [0.25, 0.3) is 0 Å². The lowest BCUT2D eigenvalue weighted by Gasteiger charge is -2.45. The summed E-state index contributed by atoms with van der Waals surface area (Å²) in [6.07, 6.45) is 6.93. The molecule has 0 saturated heterocycles. The van der Waals surface area contributed by atoms with Gasteiger partial charge in [0.15, 0.2) is 0 Å². The fourth-order valence-corrected chi connectivity index (χ4v) is 3.48. The van der Waals surface area contributed by atoms with Gasteiger partial charge in [0.2, 0.25) is 0 Å². The summed E-state index contributed by atoms with van der Waals surface area (Å²) in [5.41, 5.74) is 4.30. The number of hydrogen-bond acceptors (Lipinski definition) is 1. The molecular formula is C18H26O. The summed E-state index contributed by atoms with van der Waals surface area (Å²) in [5, 5.41) is 0. The molecule has 0 amide bonds. The van der Waals surface area contributed by atoms with Crippen molar-refractivity contribution in [3.8, 4) is 0 Å². The molecular weight excluding hydrogens is 232 g/mol. The number of Topliss-reactive ketones (excluding diaryl/α,β-unsaturated/α-hetero) is 1. The molecule has 0 aliphatic heterocycles. The molecule has 0 bridgehead atoms. The van der Waals surface area contributed by atoms with E-state index in [1.165, 1.54) is 16.7 Å². The van der Waals surface area contributed by atoms with Gasteiger partial charge in [-0.05, 0) is 30.9 Å². The third-order valence-corrected chi connectivity index (χ3v) is 5.03. The van der Waals surface area contributed by atoms with Gasteiger partial charge in [-0.3, -0.25) is 4.79 Å². The van der Waals surface area contributed by atoms with E-state index in [0.29, 0.717) is 5.92 Å². The third-order valence-electron chi connectivity index (χ3n) is 5.03. The van der Waals surface area contributed by atoms with Crippen molar-refractivity contribution in [3.63, 3.8) is 0 Å². The number of carbonyl (C=O) groups excluding carboxylic acids is 1. The zero-order chi connectivity index (χ0) is 14.6. The van der Waals surface area contributed by atoms with E-state index < -0.39 is 0 Å². The minimum Gasteiger partial charge on any atom is -0.299 e. The van der Waals surface area contributed by atoms with Gasteiger partial charge in [-0.15, -0.1) is 0 Å². The maximum Gasteiger partial charge on any atom is 0.137 e. The van der Waals surface area contributed by atoms with Crippen LogP contribution in [0.1, 0.15) is 48.5 Å². The van der Waals surface area contributed by atoms with E-state index >= 15 is 0 Å². The molecule has 0 heterocycles. The molecule has 1 nitrogen and oxygen atoms in total. The Balaban J connectivity index is 2.63. The lowest BCUT2D eigenvalue weighted by atomic mass is 9.58. The minimum absolute atomic E-state index is 0.0271. The van der Waals surface area contributed by atoms with Crippen LogP contribution >= 0.6 is 0 Å². The Morgan fingerprint density at radius 1 is 1.11 bits per heavy atom. The van der Waals surface area contributed by atoms with Crippen LogP contribution in [0, 0.1) is 22.7 Å². The lowest BCUT2D eigenvalue weighted by molar-refractivity contribution is -0.120. The number of hydrogen-bond donors (Lipinski definition) is 0. The highest BCUT2D eigenvalue weighted by Gasteiger charge is 2.42. The Morgan fingerprint density at radius 3 is 2.21 bits per heavy atom.